The van der Waals surface area contributed by atoms with E-state index in [1.165, 1.54) is 12.2 Å². The summed E-state index contributed by atoms with van der Waals surface area (Å²) < 4.78 is 0. The predicted octanol–water partition coefficient (Wildman–Crippen LogP) is 1.96. The van der Waals surface area contributed by atoms with Crippen molar-refractivity contribution in [3.63, 3.8) is 0 Å². The zero-order chi connectivity index (χ0) is 11.1. The smallest absolute Gasteiger partial charge is 0.182 e. The van der Waals surface area contributed by atoms with E-state index >= 15 is 0 Å². The molecule has 0 saturated heterocycles. The minimum absolute atomic E-state index is 0.183. The normalized spacial score (nSPS) is 14.7. The van der Waals surface area contributed by atoms with Crippen LogP contribution in [0.5, 0.6) is 0 Å². The van der Waals surface area contributed by atoms with E-state index in [1.807, 2.05) is 0 Å². The lowest BCUT2D eigenvalue weighted by molar-refractivity contribution is -0.110. The van der Waals surface area contributed by atoms with Crippen molar-refractivity contribution < 1.29 is 14.7 Å². The van der Waals surface area contributed by atoms with Gasteiger partial charge >= 0.3 is 0 Å². The molecule has 0 radical (unpaired) electrons. The summed E-state index contributed by atoms with van der Waals surface area (Å²) in [6, 6.07) is 0. The second kappa shape index (κ2) is 5.91. The topological polar surface area (TPSA) is 54.4 Å². The highest BCUT2D eigenvalue weighted by atomic mass is 16.3. The summed E-state index contributed by atoms with van der Waals surface area (Å²) in [6.45, 7) is 6.68. The van der Waals surface area contributed by atoms with Crippen LogP contribution in [0.3, 0.4) is 0 Å². The van der Waals surface area contributed by atoms with Crippen LogP contribution in [0.4, 0.5) is 0 Å². The molecule has 0 aromatic carbocycles. The Morgan fingerprint density at radius 3 is 2.43 bits per heavy atom. The number of aldehydes is 1. The monoisotopic (exact) mass is 194 g/mol. The molecule has 0 amide bonds. The first-order chi connectivity index (χ1) is 6.51. The third kappa shape index (κ3) is 4.40. The number of carbonyl (C=O) groups is 2. The van der Waals surface area contributed by atoms with Crippen molar-refractivity contribution in [2.75, 3.05) is 0 Å². The molecule has 0 fully saturated rings. The molecule has 1 unspecified atom stereocenters. The fourth-order valence-corrected chi connectivity index (χ4v) is 0.710. The lowest BCUT2D eigenvalue weighted by Gasteiger charge is -2.01. The second-order valence-corrected chi connectivity index (χ2v) is 2.99. The Morgan fingerprint density at radius 1 is 1.43 bits per heavy atom. The van der Waals surface area contributed by atoms with Gasteiger partial charge in [0.1, 0.15) is 12.0 Å². The fraction of sp³-hybridized carbons (Fsp3) is 0.273. The van der Waals surface area contributed by atoms with Crippen LogP contribution < -0.4 is 0 Å². The highest BCUT2D eigenvalue weighted by molar-refractivity contribution is 6.00. The molecule has 0 saturated carbocycles. The van der Waals surface area contributed by atoms with Crippen molar-refractivity contribution in [3.05, 3.63) is 36.1 Å². The van der Waals surface area contributed by atoms with Crippen molar-refractivity contribution >= 4 is 12.1 Å². The molecule has 14 heavy (non-hydrogen) atoms. The number of allylic oxidation sites excluding steroid dienone is 4. The molecule has 0 aromatic heterocycles. The lowest BCUT2D eigenvalue weighted by atomic mass is 10.0. The van der Waals surface area contributed by atoms with Gasteiger partial charge in [0.15, 0.2) is 5.78 Å². The number of hydrogen-bond donors (Lipinski definition) is 1. The molecule has 76 valence electrons. The SMILES string of the molecule is C=CC(O)=CC(=O)/C=C(\C)C(C)C=O. The van der Waals surface area contributed by atoms with Crippen molar-refractivity contribution in [2.45, 2.75) is 13.8 Å². The summed E-state index contributed by atoms with van der Waals surface area (Å²) in [5.41, 5.74) is 0.665. The summed E-state index contributed by atoms with van der Waals surface area (Å²) in [5.74, 6) is -0.815. The average Bonchev–Trinajstić information content (AvgIpc) is 2.15. The first-order valence-corrected chi connectivity index (χ1v) is 4.21. The summed E-state index contributed by atoms with van der Waals surface area (Å²) in [7, 11) is 0. The Balaban J connectivity index is 4.59. The maximum atomic E-state index is 11.2. The Morgan fingerprint density at radius 2 is 2.00 bits per heavy atom. The van der Waals surface area contributed by atoms with E-state index in [4.69, 9.17) is 5.11 Å². The summed E-state index contributed by atoms with van der Waals surface area (Å²) in [5, 5.41) is 8.96. The molecule has 0 aliphatic heterocycles. The molecule has 3 nitrogen and oxygen atoms in total. The number of carbonyl (C=O) groups excluding carboxylic acids is 2. The van der Waals surface area contributed by atoms with Crippen molar-refractivity contribution in [2.24, 2.45) is 5.92 Å². The third-order valence-corrected chi connectivity index (χ3v) is 1.79. The average molecular weight is 194 g/mol. The number of aliphatic hydroxyl groups excluding tert-OH is 1. The molecule has 0 rings (SSSR count). The highest BCUT2D eigenvalue weighted by Gasteiger charge is 2.03. The van der Waals surface area contributed by atoms with Gasteiger partial charge in [-0.25, -0.2) is 0 Å². The molecule has 0 bridgehead atoms. The molecular formula is C11H14O3. The van der Waals surface area contributed by atoms with Crippen LogP contribution in [0.15, 0.2) is 36.1 Å². The van der Waals surface area contributed by atoms with Gasteiger partial charge in [-0.3, -0.25) is 4.79 Å². The standard InChI is InChI=1S/C11H14O3/c1-4-10(13)6-11(14)5-8(2)9(3)7-12/h4-7,9,13H,1H2,2-3H3/b8-5+,10-6?. The molecule has 0 aliphatic rings. The molecule has 0 heterocycles. The third-order valence-electron chi connectivity index (χ3n) is 1.79. The molecular weight excluding hydrogens is 180 g/mol. The zero-order valence-corrected chi connectivity index (χ0v) is 8.36. The first kappa shape index (κ1) is 12.4. The van der Waals surface area contributed by atoms with Crippen LogP contribution in [0.2, 0.25) is 0 Å². The Bertz CT molecular complexity index is 298. The Labute approximate surface area is 83.4 Å². The first-order valence-electron chi connectivity index (χ1n) is 4.21. The number of aliphatic hydroxyl groups is 1. The van der Waals surface area contributed by atoms with Gasteiger partial charge in [-0.05, 0) is 19.1 Å². The van der Waals surface area contributed by atoms with E-state index in [0.29, 0.717) is 5.57 Å². The summed E-state index contributed by atoms with van der Waals surface area (Å²) in [6.07, 6.45) is 4.30. The van der Waals surface area contributed by atoms with Crippen LogP contribution in [-0.2, 0) is 9.59 Å². The largest absolute Gasteiger partial charge is 0.508 e. The van der Waals surface area contributed by atoms with Gasteiger partial charge in [0.25, 0.3) is 0 Å². The molecule has 1 atom stereocenters. The van der Waals surface area contributed by atoms with Gasteiger partial charge in [-0.1, -0.05) is 19.1 Å². The van der Waals surface area contributed by atoms with Gasteiger partial charge in [0.05, 0.1) is 0 Å². The van der Waals surface area contributed by atoms with Crippen LogP contribution >= 0.6 is 0 Å². The van der Waals surface area contributed by atoms with Crippen LogP contribution in [0.25, 0.3) is 0 Å². The quantitative estimate of drug-likeness (QED) is 0.315. The van der Waals surface area contributed by atoms with Crippen molar-refractivity contribution in [1.82, 2.24) is 0 Å². The van der Waals surface area contributed by atoms with E-state index in [-0.39, 0.29) is 17.5 Å². The number of hydrogen-bond acceptors (Lipinski definition) is 3. The highest BCUT2D eigenvalue weighted by Crippen LogP contribution is 2.06. The van der Waals surface area contributed by atoms with Crippen LogP contribution in [0.1, 0.15) is 13.8 Å². The maximum Gasteiger partial charge on any atom is 0.182 e. The van der Waals surface area contributed by atoms with Gasteiger partial charge in [0.2, 0.25) is 0 Å². The number of rotatable bonds is 5. The second-order valence-electron chi connectivity index (χ2n) is 2.99. The number of ketones is 1. The molecule has 0 aromatic rings. The molecule has 0 aliphatic carbocycles. The summed E-state index contributed by atoms with van der Waals surface area (Å²) in [4.78, 5) is 21.5. The summed E-state index contributed by atoms with van der Waals surface area (Å²) >= 11 is 0. The van der Waals surface area contributed by atoms with Gasteiger partial charge in [-0.15, -0.1) is 0 Å². The van der Waals surface area contributed by atoms with Crippen LogP contribution in [-0.4, -0.2) is 17.2 Å². The maximum absolute atomic E-state index is 11.2. The van der Waals surface area contributed by atoms with Gasteiger partial charge in [0, 0.05) is 12.0 Å². The van der Waals surface area contributed by atoms with E-state index < -0.39 is 0 Å². The predicted molar refractivity (Wildman–Crippen MR) is 54.9 cm³/mol. The minimum atomic E-state index is -0.353. The zero-order valence-electron chi connectivity index (χ0n) is 8.36. The van der Waals surface area contributed by atoms with Crippen molar-refractivity contribution in [3.8, 4) is 0 Å². The lowest BCUT2D eigenvalue weighted by Crippen LogP contribution is -2.00. The minimum Gasteiger partial charge on any atom is -0.508 e. The van der Waals surface area contributed by atoms with Gasteiger partial charge in [-0.2, -0.15) is 0 Å². The Hall–Kier alpha value is -1.64. The van der Waals surface area contributed by atoms with Crippen LogP contribution in [0, 0.1) is 5.92 Å². The molecule has 0 spiro atoms. The van der Waals surface area contributed by atoms with E-state index in [2.05, 4.69) is 6.58 Å². The van der Waals surface area contributed by atoms with E-state index in [9.17, 15) is 9.59 Å². The van der Waals surface area contributed by atoms with E-state index in [1.54, 1.807) is 13.8 Å². The Kier molecular flexibility index (Phi) is 5.22. The van der Waals surface area contributed by atoms with E-state index in [0.717, 1.165) is 12.4 Å². The van der Waals surface area contributed by atoms with Crippen molar-refractivity contribution in [1.29, 1.82) is 0 Å². The fourth-order valence-electron chi connectivity index (χ4n) is 0.710. The molecule has 3 heteroatoms. The van der Waals surface area contributed by atoms with Gasteiger partial charge < -0.3 is 9.90 Å². The molecule has 1 N–H and O–H groups in total.